The first kappa shape index (κ1) is 10.7. The molecule has 1 heterocycles. The van der Waals surface area contributed by atoms with Crippen LogP contribution in [0.4, 0.5) is 0 Å². The Hall–Kier alpha value is -2.15. The van der Waals surface area contributed by atoms with E-state index in [4.69, 9.17) is 4.98 Å². The fourth-order valence-electron chi connectivity index (χ4n) is 2.95. The summed E-state index contributed by atoms with van der Waals surface area (Å²) >= 11 is 0. The normalized spacial score (nSPS) is 13.1. The van der Waals surface area contributed by atoms with Gasteiger partial charge in [-0.25, -0.2) is 4.98 Å². The van der Waals surface area contributed by atoms with Gasteiger partial charge < -0.3 is 0 Å². The Morgan fingerprint density at radius 2 is 1.68 bits per heavy atom. The van der Waals surface area contributed by atoms with E-state index in [-0.39, 0.29) is 0 Å². The molecule has 2 aromatic carbocycles. The Labute approximate surface area is 112 Å². The Kier molecular flexibility index (Phi) is 2.22. The van der Waals surface area contributed by atoms with Crippen molar-refractivity contribution in [1.82, 2.24) is 4.98 Å². The summed E-state index contributed by atoms with van der Waals surface area (Å²) in [6.45, 7) is 2.15. The van der Waals surface area contributed by atoms with Crippen LogP contribution < -0.4 is 0 Å². The molecule has 19 heavy (non-hydrogen) atoms. The molecule has 0 aliphatic heterocycles. The van der Waals surface area contributed by atoms with E-state index >= 15 is 0 Å². The number of nitrogens with zero attached hydrogens (tertiary/aromatic N) is 1. The van der Waals surface area contributed by atoms with Crippen LogP contribution in [0.5, 0.6) is 0 Å². The molecule has 0 bridgehead atoms. The van der Waals surface area contributed by atoms with Crippen molar-refractivity contribution in [3.8, 4) is 11.3 Å². The zero-order valence-electron chi connectivity index (χ0n) is 11.0. The lowest BCUT2D eigenvalue weighted by molar-refractivity contribution is 0.846. The molecule has 3 aromatic rings. The van der Waals surface area contributed by atoms with E-state index in [2.05, 4.69) is 55.5 Å². The average molecular weight is 245 g/mol. The van der Waals surface area contributed by atoms with Crippen LogP contribution in [0.15, 0.2) is 48.5 Å². The lowest BCUT2D eigenvalue weighted by Crippen LogP contribution is -2.12. The molecule has 4 rings (SSSR count). The van der Waals surface area contributed by atoms with Crippen molar-refractivity contribution in [2.45, 2.75) is 19.8 Å². The molecule has 0 fully saturated rings. The van der Waals surface area contributed by atoms with E-state index in [1.54, 1.807) is 0 Å². The number of pyridine rings is 1. The summed E-state index contributed by atoms with van der Waals surface area (Å²) in [7, 11) is 0. The molecule has 0 atom stereocenters. The summed E-state index contributed by atoms with van der Waals surface area (Å²) in [5, 5.41) is 1.35. The largest absolute Gasteiger partial charge is 0.247 e. The van der Waals surface area contributed by atoms with E-state index in [0.29, 0.717) is 0 Å². The van der Waals surface area contributed by atoms with Crippen LogP contribution in [0.2, 0.25) is 0 Å². The average Bonchev–Trinajstić information content (AvgIpc) is 2.39. The van der Waals surface area contributed by atoms with Crippen molar-refractivity contribution in [3.05, 3.63) is 65.2 Å². The first-order chi connectivity index (χ1) is 9.33. The summed E-state index contributed by atoms with van der Waals surface area (Å²) in [5.41, 5.74) is 7.81. The minimum Gasteiger partial charge on any atom is -0.247 e. The number of hydrogen-bond donors (Lipinski definition) is 0. The van der Waals surface area contributed by atoms with E-state index in [1.807, 2.05) is 0 Å². The predicted octanol–water partition coefficient (Wildman–Crippen LogP) is 4.31. The van der Waals surface area contributed by atoms with Gasteiger partial charge in [0.1, 0.15) is 0 Å². The van der Waals surface area contributed by atoms with Gasteiger partial charge in [-0.1, -0.05) is 42.0 Å². The van der Waals surface area contributed by atoms with Crippen LogP contribution in [0.3, 0.4) is 0 Å². The first-order valence-electron chi connectivity index (χ1n) is 6.80. The molecular formula is C18H15N. The van der Waals surface area contributed by atoms with Gasteiger partial charge in [0.05, 0.1) is 11.2 Å². The van der Waals surface area contributed by atoms with Crippen molar-refractivity contribution >= 4 is 10.9 Å². The second-order valence-electron chi connectivity index (χ2n) is 5.30. The molecule has 0 saturated heterocycles. The summed E-state index contributed by atoms with van der Waals surface area (Å²) in [5.74, 6) is 0. The van der Waals surface area contributed by atoms with Crippen molar-refractivity contribution in [2.24, 2.45) is 0 Å². The number of fused-ring (bicyclic) bond motifs is 3. The van der Waals surface area contributed by atoms with Crippen LogP contribution in [0.25, 0.3) is 22.2 Å². The monoisotopic (exact) mass is 245 g/mol. The highest BCUT2D eigenvalue weighted by Gasteiger charge is 2.22. The Morgan fingerprint density at radius 1 is 0.895 bits per heavy atom. The minimum absolute atomic E-state index is 1.13. The van der Waals surface area contributed by atoms with Crippen molar-refractivity contribution in [1.29, 1.82) is 0 Å². The highest BCUT2D eigenvalue weighted by atomic mass is 14.7. The summed E-state index contributed by atoms with van der Waals surface area (Å²) < 4.78 is 0. The van der Waals surface area contributed by atoms with Gasteiger partial charge in [0.2, 0.25) is 0 Å². The SMILES string of the molecule is Cc1ccc2nc(-c3ccccc3)c3c(c2c1)CC3. The lowest BCUT2D eigenvalue weighted by Gasteiger charge is -2.24. The molecule has 0 amide bonds. The fourth-order valence-corrected chi connectivity index (χ4v) is 2.95. The Bertz CT molecular complexity index is 773. The van der Waals surface area contributed by atoms with Gasteiger partial charge >= 0.3 is 0 Å². The molecular weight excluding hydrogens is 230 g/mol. The van der Waals surface area contributed by atoms with Crippen LogP contribution in [0, 0.1) is 6.92 Å². The summed E-state index contributed by atoms with van der Waals surface area (Å²) in [6.07, 6.45) is 2.36. The fraction of sp³-hybridized carbons (Fsp3) is 0.167. The predicted molar refractivity (Wildman–Crippen MR) is 79.3 cm³/mol. The number of hydrogen-bond acceptors (Lipinski definition) is 1. The van der Waals surface area contributed by atoms with Gasteiger partial charge in [-0.3, -0.25) is 0 Å². The highest BCUT2D eigenvalue weighted by molar-refractivity contribution is 5.89. The van der Waals surface area contributed by atoms with Gasteiger partial charge in [-0.15, -0.1) is 0 Å². The third-order valence-corrected chi connectivity index (χ3v) is 4.03. The summed E-state index contributed by atoms with van der Waals surface area (Å²) in [6, 6.07) is 17.1. The maximum Gasteiger partial charge on any atom is 0.0744 e. The third-order valence-electron chi connectivity index (χ3n) is 4.03. The number of aryl methyl sites for hydroxylation is 2. The second-order valence-corrected chi connectivity index (χ2v) is 5.30. The molecule has 92 valence electrons. The Morgan fingerprint density at radius 3 is 2.42 bits per heavy atom. The van der Waals surface area contributed by atoms with Gasteiger partial charge in [-0.2, -0.15) is 0 Å². The zero-order chi connectivity index (χ0) is 12.8. The van der Waals surface area contributed by atoms with Crippen molar-refractivity contribution < 1.29 is 0 Å². The smallest absolute Gasteiger partial charge is 0.0744 e. The lowest BCUT2D eigenvalue weighted by atomic mass is 9.82. The second kappa shape index (κ2) is 3.92. The third kappa shape index (κ3) is 1.58. The molecule has 0 saturated carbocycles. The van der Waals surface area contributed by atoms with Gasteiger partial charge in [0.15, 0.2) is 0 Å². The topological polar surface area (TPSA) is 12.9 Å². The van der Waals surface area contributed by atoms with Crippen LogP contribution in [0.1, 0.15) is 16.7 Å². The van der Waals surface area contributed by atoms with Crippen LogP contribution in [-0.2, 0) is 12.8 Å². The molecule has 0 N–H and O–H groups in total. The van der Waals surface area contributed by atoms with Crippen LogP contribution >= 0.6 is 0 Å². The Balaban J connectivity index is 2.04. The molecule has 0 spiro atoms. The minimum atomic E-state index is 1.13. The zero-order valence-corrected chi connectivity index (χ0v) is 11.0. The van der Waals surface area contributed by atoms with Crippen LogP contribution in [-0.4, -0.2) is 4.98 Å². The maximum atomic E-state index is 4.90. The molecule has 1 aliphatic carbocycles. The standard InChI is InChI=1S/C18H15N/c1-12-7-10-17-16(11-12)14-8-9-15(14)18(19-17)13-5-3-2-4-6-13/h2-7,10-11H,8-9H2,1H3. The number of aromatic nitrogens is 1. The molecule has 1 aliphatic rings. The van der Waals surface area contributed by atoms with Crippen molar-refractivity contribution in [2.75, 3.05) is 0 Å². The number of benzene rings is 2. The van der Waals surface area contributed by atoms with E-state index < -0.39 is 0 Å². The van der Waals surface area contributed by atoms with Gasteiger partial charge in [-0.05, 0) is 43.0 Å². The molecule has 1 heteroatoms. The highest BCUT2D eigenvalue weighted by Crippen LogP contribution is 2.37. The quantitative estimate of drug-likeness (QED) is 0.622. The number of rotatable bonds is 1. The van der Waals surface area contributed by atoms with Crippen molar-refractivity contribution in [3.63, 3.8) is 0 Å². The first-order valence-corrected chi connectivity index (χ1v) is 6.80. The van der Waals surface area contributed by atoms with E-state index in [0.717, 1.165) is 11.9 Å². The molecule has 0 radical (unpaired) electrons. The molecule has 1 aromatic heterocycles. The molecule has 0 unspecified atom stereocenters. The molecule has 1 nitrogen and oxygen atoms in total. The van der Waals surface area contributed by atoms with E-state index in [1.165, 1.54) is 39.8 Å². The summed E-state index contributed by atoms with van der Waals surface area (Å²) in [4.78, 5) is 4.90. The van der Waals surface area contributed by atoms with E-state index in [9.17, 15) is 0 Å². The maximum absolute atomic E-state index is 4.90. The van der Waals surface area contributed by atoms with Gasteiger partial charge in [0.25, 0.3) is 0 Å². The van der Waals surface area contributed by atoms with Gasteiger partial charge in [0, 0.05) is 10.9 Å².